The minimum Gasteiger partial charge on any atom is -0.353 e. The molecule has 1 aliphatic carbocycles. The molecule has 1 aliphatic heterocycles. The normalized spacial score (nSPS) is 21.7. The van der Waals surface area contributed by atoms with Gasteiger partial charge in [0.15, 0.2) is 5.96 Å². The molecule has 3 rings (SSSR count). The molecule has 2 amide bonds. The van der Waals surface area contributed by atoms with E-state index in [9.17, 15) is 9.59 Å². The van der Waals surface area contributed by atoms with Crippen molar-refractivity contribution in [3.8, 4) is 0 Å². The van der Waals surface area contributed by atoms with Gasteiger partial charge in [0.25, 0.3) is 0 Å². The van der Waals surface area contributed by atoms with Crippen molar-refractivity contribution >= 4 is 41.8 Å². The molecule has 0 spiro atoms. The Morgan fingerprint density at radius 1 is 1.14 bits per heavy atom. The van der Waals surface area contributed by atoms with Crippen molar-refractivity contribution < 1.29 is 9.59 Å². The molecule has 1 fully saturated rings. The molecule has 1 aromatic carbocycles. The molecule has 160 valence electrons. The maximum Gasteiger partial charge on any atom is 0.243 e. The van der Waals surface area contributed by atoms with Crippen molar-refractivity contribution in [2.75, 3.05) is 34.2 Å². The summed E-state index contributed by atoms with van der Waals surface area (Å²) >= 11 is 0. The first-order chi connectivity index (χ1) is 13.4. The second-order valence-electron chi connectivity index (χ2n) is 7.96. The lowest BCUT2D eigenvalue weighted by Crippen LogP contribution is -2.54. The third-order valence-corrected chi connectivity index (χ3v) is 5.53. The number of carbonyl (C=O) groups is 2. The fraction of sp³-hybridized carbons (Fsp3) is 0.571. The van der Waals surface area contributed by atoms with Gasteiger partial charge in [-0.05, 0) is 36.8 Å². The van der Waals surface area contributed by atoms with Crippen molar-refractivity contribution in [2.24, 2.45) is 4.99 Å². The minimum absolute atomic E-state index is 0. The molecular formula is C21H32IN5O2. The van der Waals surface area contributed by atoms with Gasteiger partial charge in [-0.2, -0.15) is 0 Å². The minimum atomic E-state index is -0.0361. The summed E-state index contributed by atoms with van der Waals surface area (Å²) in [5.41, 5.74) is 2.79. The predicted molar refractivity (Wildman–Crippen MR) is 126 cm³/mol. The van der Waals surface area contributed by atoms with E-state index in [0.717, 1.165) is 25.7 Å². The molecule has 8 heteroatoms. The fourth-order valence-electron chi connectivity index (χ4n) is 3.76. The number of carbonyl (C=O) groups excluding carboxylic acids is 2. The lowest BCUT2D eigenvalue weighted by Gasteiger charge is -2.33. The van der Waals surface area contributed by atoms with E-state index >= 15 is 0 Å². The van der Waals surface area contributed by atoms with E-state index < -0.39 is 0 Å². The molecular weight excluding hydrogens is 481 g/mol. The van der Waals surface area contributed by atoms with E-state index in [1.165, 1.54) is 11.1 Å². The van der Waals surface area contributed by atoms with Gasteiger partial charge < -0.3 is 20.4 Å². The van der Waals surface area contributed by atoms with Crippen LogP contribution in [0.3, 0.4) is 0 Å². The molecule has 2 unspecified atom stereocenters. The molecule has 2 atom stereocenters. The number of halogens is 1. The van der Waals surface area contributed by atoms with E-state index in [1.54, 1.807) is 23.9 Å². The molecule has 1 aromatic rings. The largest absolute Gasteiger partial charge is 0.353 e. The Hall–Kier alpha value is -1.84. The zero-order chi connectivity index (χ0) is 20.1. The van der Waals surface area contributed by atoms with E-state index in [0.29, 0.717) is 18.9 Å². The van der Waals surface area contributed by atoms with Crippen LogP contribution in [0.25, 0.3) is 0 Å². The molecule has 0 radical (unpaired) electrons. The number of likely N-dealkylation sites (tertiary alicyclic amines) is 1. The summed E-state index contributed by atoms with van der Waals surface area (Å²) in [6, 6.07) is 8.97. The van der Waals surface area contributed by atoms with Gasteiger partial charge in [0.1, 0.15) is 6.54 Å². The predicted octanol–water partition coefficient (Wildman–Crippen LogP) is 1.41. The quantitative estimate of drug-likeness (QED) is 0.363. The van der Waals surface area contributed by atoms with Crippen LogP contribution in [0.2, 0.25) is 0 Å². The number of nitrogens with one attached hydrogen (secondary N) is 2. The van der Waals surface area contributed by atoms with Crippen LogP contribution in [0.1, 0.15) is 30.4 Å². The maximum absolute atomic E-state index is 12.0. The standard InChI is InChI=1S/C21H31N5O2.HI/c1-25(2)20(28)13-22-21(24-18-10-11-19(27)26(3)14-18)23-17-9-8-15-6-4-5-7-16(15)12-17;/h4-7,17-18H,8-14H2,1-3H3,(H2,22,23,24);1H. The number of fused-ring (bicyclic) bond motifs is 1. The van der Waals surface area contributed by atoms with Crippen molar-refractivity contribution in [1.82, 2.24) is 20.4 Å². The summed E-state index contributed by atoms with van der Waals surface area (Å²) in [6.45, 7) is 0.752. The molecule has 0 saturated carbocycles. The number of aryl methyl sites for hydroxylation is 1. The lowest BCUT2D eigenvalue weighted by molar-refractivity contribution is -0.132. The summed E-state index contributed by atoms with van der Waals surface area (Å²) < 4.78 is 0. The van der Waals surface area contributed by atoms with E-state index in [-0.39, 0.29) is 54.4 Å². The average molecular weight is 513 g/mol. The number of likely N-dealkylation sites (N-methyl/N-ethyl adjacent to an activating group) is 2. The molecule has 0 aromatic heterocycles. The van der Waals surface area contributed by atoms with Gasteiger partial charge in [-0.1, -0.05) is 24.3 Å². The monoisotopic (exact) mass is 513 g/mol. The maximum atomic E-state index is 12.0. The van der Waals surface area contributed by atoms with Gasteiger partial charge in [-0.3, -0.25) is 9.59 Å². The van der Waals surface area contributed by atoms with Gasteiger partial charge >= 0.3 is 0 Å². The number of piperidine rings is 1. The second-order valence-corrected chi connectivity index (χ2v) is 7.96. The van der Waals surface area contributed by atoms with Crippen LogP contribution in [-0.4, -0.2) is 73.9 Å². The van der Waals surface area contributed by atoms with Crippen LogP contribution >= 0.6 is 24.0 Å². The number of guanidine groups is 1. The van der Waals surface area contributed by atoms with Crippen LogP contribution in [0, 0.1) is 0 Å². The molecule has 0 bridgehead atoms. The van der Waals surface area contributed by atoms with Gasteiger partial charge in [-0.15, -0.1) is 24.0 Å². The van der Waals surface area contributed by atoms with Crippen molar-refractivity contribution in [2.45, 2.75) is 44.2 Å². The average Bonchev–Trinajstić information content (AvgIpc) is 2.68. The molecule has 2 N–H and O–H groups in total. The number of amides is 2. The second kappa shape index (κ2) is 10.8. The van der Waals surface area contributed by atoms with Crippen LogP contribution in [0.15, 0.2) is 29.3 Å². The van der Waals surface area contributed by atoms with Crippen LogP contribution in [0.5, 0.6) is 0 Å². The zero-order valence-corrected chi connectivity index (χ0v) is 19.8. The number of hydrogen-bond acceptors (Lipinski definition) is 3. The van der Waals surface area contributed by atoms with Crippen LogP contribution < -0.4 is 10.6 Å². The highest BCUT2D eigenvalue weighted by atomic mass is 127. The van der Waals surface area contributed by atoms with Gasteiger partial charge in [0.05, 0.1) is 0 Å². The summed E-state index contributed by atoms with van der Waals surface area (Å²) in [4.78, 5) is 31.6. The van der Waals surface area contributed by atoms with E-state index in [2.05, 4.69) is 39.9 Å². The summed E-state index contributed by atoms with van der Waals surface area (Å²) in [5.74, 6) is 0.800. The topological polar surface area (TPSA) is 77.0 Å². The lowest BCUT2D eigenvalue weighted by atomic mass is 9.88. The van der Waals surface area contributed by atoms with Gasteiger partial charge in [0.2, 0.25) is 11.8 Å². The first kappa shape index (κ1) is 23.4. The van der Waals surface area contributed by atoms with E-state index in [4.69, 9.17) is 0 Å². The highest BCUT2D eigenvalue weighted by molar-refractivity contribution is 14.0. The Morgan fingerprint density at radius 3 is 2.48 bits per heavy atom. The summed E-state index contributed by atoms with van der Waals surface area (Å²) in [7, 11) is 5.30. The van der Waals surface area contributed by atoms with Crippen LogP contribution in [-0.2, 0) is 22.4 Å². The smallest absolute Gasteiger partial charge is 0.243 e. The first-order valence-corrected chi connectivity index (χ1v) is 10.0. The number of hydrogen-bond donors (Lipinski definition) is 2. The van der Waals surface area contributed by atoms with Crippen molar-refractivity contribution in [1.29, 1.82) is 0 Å². The van der Waals surface area contributed by atoms with Crippen LogP contribution in [0.4, 0.5) is 0 Å². The summed E-state index contributed by atoms with van der Waals surface area (Å²) in [5, 5.41) is 6.98. The molecule has 7 nitrogen and oxygen atoms in total. The zero-order valence-electron chi connectivity index (χ0n) is 17.5. The van der Waals surface area contributed by atoms with Crippen molar-refractivity contribution in [3.63, 3.8) is 0 Å². The highest BCUT2D eigenvalue weighted by Crippen LogP contribution is 2.21. The number of benzene rings is 1. The molecule has 1 heterocycles. The summed E-state index contributed by atoms with van der Waals surface area (Å²) in [6.07, 6.45) is 4.33. The van der Waals surface area contributed by atoms with E-state index in [1.807, 2.05) is 7.05 Å². The number of nitrogens with zero attached hydrogens (tertiary/aromatic N) is 3. The van der Waals surface area contributed by atoms with Gasteiger partial charge in [0, 0.05) is 46.2 Å². The Labute approximate surface area is 190 Å². The fourth-order valence-corrected chi connectivity index (χ4v) is 3.76. The number of aliphatic imine (C=N–C) groups is 1. The SMILES string of the molecule is CN(C)C(=O)CN=C(NC1CCc2ccccc2C1)NC1CCC(=O)N(C)C1.I. The third kappa shape index (κ3) is 6.58. The highest BCUT2D eigenvalue weighted by Gasteiger charge is 2.25. The Morgan fingerprint density at radius 2 is 1.79 bits per heavy atom. The number of rotatable bonds is 4. The molecule has 1 saturated heterocycles. The molecule has 2 aliphatic rings. The Kier molecular flexibility index (Phi) is 8.73. The third-order valence-electron chi connectivity index (χ3n) is 5.53. The Balaban J connectivity index is 0.00000300. The van der Waals surface area contributed by atoms with Gasteiger partial charge in [-0.25, -0.2) is 4.99 Å². The van der Waals surface area contributed by atoms with Crippen molar-refractivity contribution in [3.05, 3.63) is 35.4 Å². The Bertz CT molecular complexity index is 752. The molecule has 29 heavy (non-hydrogen) atoms. The first-order valence-electron chi connectivity index (χ1n) is 10.0.